The van der Waals surface area contributed by atoms with Gasteiger partial charge in [-0.3, -0.25) is 4.79 Å². The Morgan fingerprint density at radius 2 is 1.84 bits per heavy atom. The predicted molar refractivity (Wildman–Crippen MR) is 101 cm³/mol. The van der Waals surface area contributed by atoms with Gasteiger partial charge in [-0.1, -0.05) is 24.3 Å². The van der Waals surface area contributed by atoms with Gasteiger partial charge in [-0.05, 0) is 29.5 Å². The second kappa shape index (κ2) is 5.61. The molecule has 1 atom stereocenters. The van der Waals surface area contributed by atoms with E-state index in [9.17, 15) is 15.0 Å². The molecule has 126 valence electrons. The zero-order valence-corrected chi connectivity index (χ0v) is 14.2. The molecule has 0 saturated heterocycles. The third kappa shape index (κ3) is 2.38. The highest BCUT2D eigenvalue weighted by Crippen LogP contribution is 2.43. The van der Waals surface area contributed by atoms with Crippen LogP contribution in [0.4, 0.5) is 0 Å². The minimum atomic E-state index is -0.253. The lowest BCUT2D eigenvalue weighted by atomic mass is 9.95. The normalized spacial score (nSPS) is 12.7. The summed E-state index contributed by atoms with van der Waals surface area (Å²) in [7, 11) is 0. The molecule has 4 aromatic rings. The highest BCUT2D eigenvalue weighted by Gasteiger charge is 2.18. The molecule has 2 heterocycles. The minimum Gasteiger partial charge on any atom is -0.507 e. The predicted octanol–water partition coefficient (Wildman–Crippen LogP) is 3.84. The molecule has 0 radical (unpaired) electrons. The van der Waals surface area contributed by atoms with Crippen LogP contribution < -0.4 is 11.3 Å². The van der Waals surface area contributed by atoms with Gasteiger partial charge in [0.05, 0.1) is 5.52 Å². The van der Waals surface area contributed by atoms with Gasteiger partial charge in [0, 0.05) is 28.4 Å². The monoisotopic (exact) mass is 352 g/mol. The number of nitrogens with one attached hydrogen (secondary N) is 1. The van der Waals surface area contributed by atoms with E-state index in [-0.39, 0.29) is 23.1 Å². The molecule has 5 nitrogen and oxygen atoms in total. The molecule has 4 rings (SSSR count). The van der Waals surface area contributed by atoms with E-state index in [1.54, 1.807) is 0 Å². The molecule has 2 aromatic carbocycles. The van der Waals surface area contributed by atoms with Crippen molar-refractivity contribution in [3.8, 4) is 22.6 Å². The van der Waals surface area contributed by atoms with E-state index >= 15 is 0 Å². The summed E-state index contributed by atoms with van der Waals surface area (Å²) in [5.41, 5.74) is 8.31. The molecule has 0 aliphatic rings. The van der Waals surface area contributed by atoms with Crippen molar-refractivity contribution in [3.05, 3.63) is 57.7 Å². The Morgan fingerprint density at radius 3 is 2.52 bits per heavy atom. The minimum absolute atomic E-state index is 0.0434. The van der Waals surface area contributed by atoms with Gasteiger partial charge >= 0.3 is 0 Å². The molecule has 0 fully saturated rings. The zero-order valence-electron chi connectivity index (χ0n) is 13.4. The van der Waals surface area contributed by atoms with Crippen LogP contribution in [-0.4, -0.2) is 15.2 Å². The fourth-order valence-corrected chi connectivity index (χ4v) is 3.94. The summed E-state index contributed by atoms with van der Waals surface area (Å²) >= 11 is 1.33. The number of aromatic nitrogens is 1. The molecule has 2 aromatic heterocycles. The van der Waals surface area contributed by atoms with Crippen LogP contribution >= 0.6 is 11.3 Å². The van der Waals surface area contributed by atoms with Crippen LogP contribution in [0, 0.1) is 0 Å². The Morgan fingerprint density at radius 1 is 1.12 bits per heavy atom. The van der Waals surface area contributed by atoms with Gasteiger partial charge in [-0.2, -0.15) is 0 Å². The molecule has 0 aliphatic heterocycles. The first kappa shape index (κ1) is 15.7. The number of hydrogen-bond donors (Lipinski definition) is 4. The van der Waals surface area contributed by atoms with Crippen LogP contribution in [-0.2, 0) is 0 Å². The SMILES string of the molecule is CC(N)c1ccc(-c2c(O)cc(O)c3[nH]c(=O)c4sccc4c23)cc1. The van der Waals surface area contributed by atoms with Crippen LogP contribution in [0.2, 0.25) is 0 Å². The van der Waals surface area contributed by atoms with E-state index in [2.05, 4.69) is 4.98 Å². The first-order valence-corrected chi connectivity index (χ1v) is 8.69. The summed E-state index contributed by atoms with van der Waals surface area (Å²) < 4.78 is 0.561. The summed E-state index contributed by atoms with van der Waals surface area (Å²) in [6, 6.07) is 10.6. The van der Waals surface area contributed by atoms with Gasteiger partial charge < -0.3 is 20.9 Å². The van der Waals surface area contributed by atoms with E-state index in [0.717, 1.165) is 11.1 Å². The topological polar surface area (TPSA) is 99.3 Å². The first-order chi connectivity index (χ1) is 12.0. The summed E-state index contributed by atoms with van der Waals surface area (Å²) in [4.78, 5) is 15.0. The van der Waals surface area contributed by atoms with Gasteiger partial charge in [0.2, 0.25) is 0 Å². The number of fused-ring (bicyclic) bond motifs is 3. The van der Waals surface area contributed by atoms with Crippen LogP contribution in [0.25, 0.3) is 32.1 Å². The van der Waals surface area contributed by atoms with Gasteiger partial charge in [0.1, 0.15) is 16.2 Å². The fourth-order valence-electron chi connectivity index (χ4n) is 3.15. The molecular weight excluding hydrogens is 336 g/mol. The quantitative estimate of drug-likeness (QED) is 0.440. The Balaban J connectivity index is 2.13. The van der Waals surface area contributed by atoms with Crippen molar-refractivity contribution in [1.82, 2.24) is 4.98 Å². The molecule has 0 amide bonds. The Bertz CT molecular complexity index is 1160. The van der Waals surface area contributed by atoms with Crippen molar-refractivity contribution < 1.29 is 10.2 Å². The largest absolute Gasteiger partial charge is 0.507 e. The summed E-state index contributed by atoms with van der Waals surface area (Å²) in [6.07, 6.45) is 0. The third-order valence-electron chi connectivity index (χ3n) is 4.39. The molecule has 0 saturated carbocycles. The number of phenolic OH excluding ortho intramolecular Hbond substituents is 2. The first-order valence-electron chi connectivity index (χ1n) is 7.81. The summed E-state index contributed by atoms with van der Waals surface area (Å²) in [5.74, 6) is -0.202. The maximum absolute atomic E-state index is 12.2. The number of phenols is 2. The number of aromatic amines is 1. The van der Waals surface area contributed by atoms with Crippen molar-refractivity contribution in [3.63, 3.8) is 0 Å². The fraction of sp³-hybridized carbons (Fsp3) is 0.105. The summed E-state index contributed by atoms with van der Waals surface area (Å²) in [6.45, 7) is 1.90. The van der Waals surface area contributed by atoms with Crippen molar-refractivity contribution in [2.24, 2.45) is 5.73 Å². The maximum atomic E-state index is 12.2. The Kier molecular flexibility index (Phi) is 3.52. The van der Waals surface area contributed by atoms with Gasteiger partial charge in [0.25, 0.3) is 5.56 Å². The highest BCUT2D eigenvalue weighted by atomic mass is 32.1. The van der Waals surface area contributed by atoms with Crippen molar-refractivity contribution in [2.45, 2.75) is 13.0 Å². The Hall–Kier alpha value is -2.83. The van der Waals surface area contributed by atoms with E-state index in [0.29, 0.717) is 26.6 Å². The molecule has 5 N–H and O–H groups in total. The van der Waals surface area contributed by atoms with Gasteiger partial charge in [-0.25, -0.2) is 0 Å². The number of pyridine rings is 1. The zero-order chi connectivity index (χ0) is 17.7. The lowest BCUT2D eigenvalue weighted by Crippen LogP contribution is -2.05. The molecule has 0 spiro atoms. The Labute approximate surface area is 147 Å². The highest BCUT2D eigenvalue weighted by molar-refractivity contribution is 7.17. The van der Waals surface area contributed by atoms with E-state index < -0.39 is 0 Å². The lowest BCUT2D eigenvalue weighted by molar-refractivity contribution is 0.455. The standard InChI is InChI=1S/C19H16N2O3S/c1-9(20)10-2-4-11(5-3-10)15-13(22)8-14(23)17-16(15)12-6-7-25-18(12)19(24)21-17/h2-9,22-23H,20H2,1H3,(H,21,24). The number of benzene rings is 2. The number of thiophene rings is 1. The third-order valence-corrected chi connectivity index (χ3v) is 5.30. The number of nitrogens with two attached hydrogens (primary N) is 1. The van der Waals surface area contributed by atoms with Crippen LogP contribution in [0.5, 0.6) is 11.5 Å². The molecule has 0 bridgehead atoms. The van der Waals surface area contributed by atoms with Crippen LogP contribution in [0.15, 0.2) is 46.6 Å². The molecule has 0 aliphatic carbocycles. The number of hydrogen-bond acceptors (Lipinski definition) is 5. The van der Waals surface area contributed by atoms with E-state index in [4.69, 9.17) is 5.73 Å². The second-order valence-electron chi connectivity index (χ2n) is 6.07. The number of H-pyrrole nitrogens is 1. The van der Waals surface area contributed by atoms with Crippen LogP contribution in [0.1, 0.15) is 18.5 Å². The van der Waals surface area contributed by atoms with Gasteiger partial charge in [-0.15, -0.1) is 11.3 Å². The molecule has 25 heavy (non-hydrogen) atoms. The van der Waals surface area contributed by atoms with E-state index in [1.807, 2.05) is 42.6 Å². The van der Waals surface area contributed by atoms with Gasteiger partial charge in [0.15, 0.2) is 0 Å². The molecule has 6 heteroatoms. The van der Waals surface area contributed by atoms with E-state index in [1.165, 1.54) is 17.4 Å². The maximum Gasteiger partial charge on any atom is 0.266 e. The molecular formula is C19H16N2O3S. The smallest absolute Gasteiger partial charge is 0.266 e. The number of aromatic hydroxyl groups is 2. The average Bonchev–Trinajstić information content (AvgIpc) is 3.07. The average molecular weight is 352 g/mol. The van der Waals surface area contributed by atoms with Crippen LogP contribution in [0.3, 0.4) is 0 Å². The van der Waals surface area contributed by atoms with Crippen molar-refractivity contribution >= 4 is 32.3 Å². The number of rotatable bonds is 2. The van der Waals surface area contributed by atoms with Crippen molar-refractivity contribution in [2.75, 3.05) is 0 Å². The van der Waals surface area contributed by atoms with Crippen molar-refractivity contribution in [1.29, 1.82) is 0 Å². The summed E-state index contributed by atoms with van der Waals surface area (Å²) in [5, 5.41) is 23.9. The lowest BCUT2D eigenvalue weighted by Gasteiger charge is -2.13. The molecule has 1 unspecified atom stereocenters. The second-order valence-corrected chi connectivity index (χ2v) is 6.98.